The van der Waals surface area contributed by atoms with Crippen LogP contribution in [-0.4, -0.2) is 32.8 Å². The molecule has 1 amide bonds. The maximum absolute atomic E-state index is 13.4. The quantitative estimate of drug-likeness (QED) is 0.619. The summed E-state index contributed by atoms with van der Waals surface area (Å²) in [5.74, 6) is -0.934. The van der Waals surface area contributed by atoms with Crippen molar-refractivity contribution in [1.82, 2.24) is 4.31 Å². The number of benzene rings is 3. The summed E-state index contributed by atoms with van der Waals surface area (Å²) in [6.07, 6.45) is 0. The highest BCUT2D eigenvalue weighted by molar-refractivity contribution is 7.89. The molecule has 3 rings (SSSR count). The van der Waals surface area contributed by atoms with Crippen LogP contribution in [0.3, 0.4) is 0 Å². The van der Waals surface area contributed by atoms with Crippen molar-refractivity contribution in [1.29, 1.82) is 0 Å². The predicted molar refractivity (Wildman–Crippen MR) is 112 cm³/mol. The summed E-state index contributed by atoms with van der Waals surface area (Å²) in [5, 5.41) is 2.56. The lowest BCUT2D eigenvalue weighted by Gasteiger charge is -2.19. The van der Waals surface area contributed by atoms with Crippen LogP contribution in [0.5, 0.6) is 5.75 Å². The molecule has 0 saturated carbocycles. The minimum absolute atomic E-state index is 0.103. The second-order valence-corrected chi connectivity index (χ2v) is 8.59. The van der Waals surface area contributed by atoms with E-state index in [-0.39, 0.29) is 28.4 Å². The van der Waals surface area contributed by atoms with Gasteiger partial charge in [-0.2, -0.15) is 4.31 Å². The van der Waals surface area contributed by atoms with Crippen LogP contribution in [0.2, 0.25) is 0 Å². The lowest BCUT2D eigenvalue weighted by atomic mass is 10.2. The third kappa shape index (κ3) is 4.84. The first-order chi connectivity index (χ1) is 14.3. The van der Waals surface area contributed by atoms with E-state index in [9.17, 15) is 17.6 Å². The number of hydrogen-bond acceptors (Lipinski definition) is 4. The summed E-state index contributed by atoms with van der Waals surface area (Å²) in [6, 6.07) is 18.7. The molecule has 0 bridgehead atoms. The first-order valence-corrected chi connectivity index (χ1v) is 10.5. The molecule has 0 radical (unpaired) electrons. The van der Waals surface area contributed by atoms with Crippen molar-refractivity contribution in [2.75, 3.05) is 19.5 Å². The average molecular weight is 428 g/mol. The van der Waals surface area contributed by atoms with E-state index < -0.39 is 21.7 Å². The van der Waals surface area contributed by atoms with E-state index in [0.717, 1.165) is 5.56 Å². The molecule has 1 N–H and O–H groups in total. The number of nitrogens with one attached hydrogen (secondary N) is 1. The van der Waals surface area contributed by atoms with Crippen molar-refractivity contribution in [3.63, 3.8) is 0 Å². The second-order valence-electron chi connectivity index (χ2n) is 6.58. The highest BCUT2D eigenvalue weighted by Gasteiger charge is 2.26. The molecule has 0 saturated heterocycles. The van der Waals surface area contributed by atoms with Crippen molar-refractivity contribution in [3.05, 3.63) is 89.7 Å². The summed E-state index contributed by atoms with van der Waals surface area (Å²) in [6.45, 7) is 0.159. The summed E-state index contributed by atoms with van der Waals surface area (Å²) >= 11 is 0. The molecule has 3 aromatic rings. The van der Waals surface area contributed by atoms with E-state index in [1.165, 1.54) is 60.9 Å². The third-order valence-corrected chi connectivity index (χ3v) is 6.27. The fourth-order valence-corrected chi connectivity index (χ4v) is 4.22. The monoisotopic (exact) mass is 428 g/mol. The van der Waals surface area contributed by atoms with Crippen LogP contribution in [0.4, 0.5) is 10.1 Å². The lowest BCUT2D eigenvalue weighted by molar-refractivity contribution is 0.102. The summed E-state index contributed by atoms with van der Waals surface area (Å²) in [4.78, 5) is 12.5. The first kappa shape index (κ1) is 21.5. The fraction of sp³-hybridized carbons (Fsp3) is 0.136. The lowest BCUT2D eigenvalue weighted by Crippen LogP contribution is -2.27. The minimum Gasteiger partial charge on any atom is -0.495 e. The number of amides is 1. The Morgan fingerprint density at radius 1 is 1.03 bits per heavy atom. The molecule has 0 aliphatic carbocycles. The van der Waals surface area contributed by atoms with Crippen molar-refractivity contribution in [3.8, 4) is 5.75 Å². The molecule has 156 valence electrons. The van der Waals surface area contributed by atoms with Crippen molar-refractivity contribution in [2.24, 2.45) is 0 Å². The van der Waals surface area contributed by atoms with Crippen molar-refractivity contribution < 1.29 is 22.3 Å². The van der Waals surface area contributed by atoms with Gasteiger partial charge in [0.15, 0.2) is 0 Å². The number of halogens is 1. The SMILES string of the molecule is COc1ccc(C(=O)Nc2cccc(F)c2)cc1S(=O)(=O)N(C)Cc1ccccc1. The largest absolute Gasteiger partial charge is 0.495 e. The topological polar surface area (TPSA) is 75.7 Å². The normalized spacial score (nSPS) is 11.3. The van der Waals surface area contributed by atoms with Gasteiger partial charge < -0.3 is 10.1 Å². The Bertz CT molecular complexity index is 1150. The van der Waals surface area contributed by atoms with E-state index in [2.05, 4.69) is 5.32 Å². The van der Waals surface area contributed by atoms with Gasteiger partial charge >= 0.3 is 0 Å². The molecule has 8 heteroatoms. The Hall–Kier alpha value is -3.23. The van der Waals surface area contributed by atoms with Crippen molar-refractivity contribution in [2.45, 2.75) is 11.4 Å². The number of carbonyl (C=O) groups is 1. The number of ether oxygens (including phenoxy) is 1. The maximum atomic E-state index is 13.4. The molecule has 3 aromatic carbocycles. The van der Waals surface area contributed by atoms with Gasteiger partial charge in [0.05, 0.1) is 7.11 Å². The van der Waals surface area contributed by atoms with Gasteiger partial charge in [-0.05, 0) is 42.0 Å². The molecule has 0 aliphatic rings. The Morgan fingerprint density at radius 3 is 2.43 bits per heavy atom. The number of hydrogen-bond donors (Lipinski definition) is 1. The molecule has 0 atom stereocenters. The van der Waals surface area contributed by atoms with Crippen LogP contribution in [0.15, 0.2) is 77.7 Å². The molecular weight excluding hydrogens is 407 g/mol. The Balaban J connectivity index is 1.90. The molecule has 0 unspecified atom stereocenters. The number of methoxy groups -OCH3 is 1. The van der Waals surface area contributed by atoms with Gasteiger partial charge in [0.1, 0.15) is 16.5 Å². The number of anilines is 1. The summed E-state index contributed by atoms with van der Waals surface area (Å²) in [5.41, 5.74) is 1.19. The van der Waals surface area contributed by atoms with E-state index in [4.69, 9.17) is 4.74 Å². The zero-order chi connectivity index (χ0) is 21.7. The third-order valence-electron chi connectivity index (χ3n) is 4.44. The molecule has 0 fully saturated rings. The molecule has 0 heterocycles. The zero-order valence-electron chi connectivity index (χ0n) is 16.5. The van der Waals surface area contributed by atoms with Crippen LogP contribution in [0.25, 0.3) is 0 Å². The van der Waals surface area contributed by atoms with Crippen LogP contribution in [-0.2, 0) is 16.6 Å². The highest BCUT2D eigenvalue weighted by Crippen LogP contribution is 2.28. The van der Waals surface area contributed by atoms with E-state index in [1.807, 2.05) is 30.3 Å². The van der Waals surface area contributed by atoms with Crippen LogP contribution < -0.4 is 10.1 Å². The fourth-order valence-electron chi connectivity index (χ4n) is 2.88. The van der Waals surface area contributed by atoms with Gasteiger partial charge in [-0.25, -0.2) is 12.8 Å². The average Bonchev–Trinajstić information content (AvgIpc) is 2.74. The molecule has 0 aromatic heterocycles. The minimum atomic E-state index is -3.95. The molecule has 6 nitrogen and oxygen atoms in total. The van der Waals surface area contributed by atoms with Gasteiger partial charge in [-0.3, -0.25) is 4.79 Å². The van der Waals surface area contributed by atoms with Gasteiger partial charge in [0.2, 0.25) is 10.0 Å². The van der Waals surface area contributed by atoms with E-state index in [1.54, 1.807) is 0 Å². The van der Waals surface area contributed by atoms with E-state index in [0.29, 0.717) is 0 Å². The molecule has 30 heavy (non-hydrogen) atoms. The van der Waals surface area contributed by atoms with Crippen molar-refractivity contribution >= 4 is 21.6 Å². The highest BCUT2D eigenvalue weighted by atomic mass is 32.2. The number of nitrogens with zero attached hydrogens (tertiary/aromatic N) is 1. The van der Waals surface area contributed by atoms with Gasteiger partial charge in [0.25, 0.3) is 5.91 Å². The molecule has 0 aliphatic heterocycles. The maximum Gasteiger partial charge on any atom is 0.255 e. The number of sulfonamides is 1. The Labute approximate surface area is 175 Å². The second kappa shape index (κ2) is 9.06. The van der Waals surface area contributed by atoms with Gasteiger partial charge in [-0.1, -0.05) is 36.4 Å². The Morgan fingerprint density at radius 2 is 1.77 bits per heavy atom. The summed E-state index contributed by atoms with van der Waals surface area (Å²) in [7, 11) is -1.13. The standard InChI is InChI=1S/C22H21FN2O4S/c1-25(15-16-7-4-3-5-8-16)30(27,28)21-13-17(11-12-20(21)29-2)22(26)24-19-10-6-9-18(23)14-19/h3-14H,15H2,1-2H3,(H,24,26). The molecule has 0 spiro atoms. The molecular formula is C22H21FN2O4S. The summed E-state index contributed by atoms with van der Waals surface area (Å²) < 4.78 is 46.1. The van der Waals surface area contributed by atoms with Crippen LogP contribution in [0.1, 0.15) is 15.9 Å². The smallest absolute Gasteiger partial charge is 0.255 e. The Kier molecular flexibility index (Phi) is 6.49. The van der Waals surface area contributed by atoms with Gasteiger partial charge in [0, 0.05) is 24.8 Å². The number of carbonyl (C=O) groups excluding carboxylic acids is 1. The number of rotatable bonds is 7. The first-order valence-electron chi connectivity index (χ1n) is 9.06. The van der Waals surface area contributed by atoms with Crippen LogP contribution >= 0.6 is 0 Å². The van der Waals surface area contributed by atoms with Gasteiger partial charge in [-0.15, -0.1) is 0 Å². The predicted octanol–water partition coefficient (Wildman–Crippen LogP) is 3.91. The van der Waals surface area contributed by atoms with Crippen LogP contribution in [0, 0.1) is 5.82 Å². The zero-order valence-corrected chi connectivity index (χ0v) is 17.3. The van der Waals surface area contributed by atoms with E-state index >= 15 is 0 Å².